The summed E-state index contributed by atoms with van der Waals surface area (Å²) in [5.74, 6) is -0.0547. The molecule has 1 atom stereocenters. The zero-order valence-electron chi connectivity index (χ0n) is 15.3. The van der Waals surface area contributed by atoms with Crippen LogP contribution < -0.4 is 0 Å². The molecule has 0 saturated carbocycles. The molecule has 0 spiro atoms. The van der Waals surface area contributed by atoms with E-state index in [1.165, 1.54) is 0 Å². The molecule has 0 aliphatic carbocycles. The lowest BCUT2D eigenvalue weighted by molar-refractivity contribution is 0.0749. The van der Waals surface area contributed by atoms with E-state index in [0.717, 1.165) is 10.9 Å². The number of hydrogen-bond acceptors (Lipinski definition) is 4. The quantitative estimate of drug-likeness (QED) is 0.653. The van der Waals surface area contributed by atoms with Gasteiger partial charge in [-0.3, -0.25) is 4.79 Å². The Hall–Kier alpha value is -2.44. The minimum atomic E-state index is -3.07. The number of nitrogens with zero attached hydrogens (tertiary/aromatic N) is 2. The number of fused-ring (bicyclic) bond motifs is 1. The van der Waals surface area contributed by atoms with Gasteiger partial charge in [-0.25, -0.2) is 13.4 Å². The first kappa shape index (κ1) is 18.9. The normalized spacial score (nSPS) is 18.3. The van der Waals surface area contributed by atoms with Gasteiger partial charge in [0.05, 0.1) is 28.3 Å². The van der Waals surface area contributed by atoms with Gasteiger partial charge in [0.25, 0.3) is 5.91 Å². The second-order valence-electron chi connectivity index (χ2n) is 7.05. The molecule has 28 heavy (non-hydrogen) atoms. The molecule has 144 valence electrons. The molecule has 5 nitrogen and oxygen atoms in total. The predicted molar refractivity (Wildman–Crippen MR) is 111 cm³/mol. The predicted octanol–water partition coefficient (Wildman–Crippen LogP) is 3.81. The summed E-state index contributed by atoms with van der Waals surface area (Å²) in [7, 11) is -1.40. The van der Waals surface area contributed by atoms with Gasteiger partial charge in [0.2, 0.25) is 0 Å². The maximum Gasteiger partial charge on any atom is 0.254 e. The highest BCUT2D eigenvalue weighted by Gasteiger charge is 2.33. The fourth-order valence-electron chi connectivity index (χ4n) is 3.56. The Morgan fingerprint density at radius 3 is 2.54 bits per heavy atom. The molecule has 2 heterocycles. The largest absolute Gasteiger partial charge is 0.338 e. The number of pyridine rings is 1. The van der Waals surface area contributed by atoms with Gasteiger partial charge < -0.3 is 4.90 Å². The lowest BCUT2D eigenvalue weighted by atomic mass is 10.0. The molecule has 0 N–H and O–H groups in total. The second-order valence-corrected chi connectivity index (χ2v) is 9.72. The van der Waals surface area contributed by atoms with Crippen molar-refractivity contribution in [1.82, 2.24) is 9.88 Å². The SMILES string of the molecule is CN(C(=O)c1cc(-c2ccc(Cl)cc2)nc2ccccc12)C1CCS(=O)(=O)C1. The average molecular weight is 415 g/mol. The summed E-state index contributed by atoms with van der Waals surface area (Å²) < 4.78 is 23.6. The molecule has 1 amide bonds. The Kier molecular flexibility index (Phi) is 4.85. The summed E-state index contributed by atoms with van der Waals surface area (Å²) in [4.78, 5) is 19.5. The fourth-order valence-corrected chi connectivity index (χ4v) is 5.46. The van der Waals surface area contributed by atoms with Crippen LogP contribution >= 0.6 is 11.6 Å². The molecule has 1 aliphatic rings. The summed E-state index contributed by atoms with van der Waals surface area (Å²) in [6.07, 6.45) is 0.470. The van der Waals surface area contributed by atoms with Crippen LogP contribution in [0.5, 0.6) is 0 Å². The van der Waals surface area contributed by atoms with Gasteiger partial charge in [-0.1, -0.05) is 41.9 Å². The highest BCUT2D eigenvalue weighted by Crippen LogP contribution is 2.28. The summed E-state index contributed by atoms with van der Waals surface area (Å²) in [5, 5.41) is 1.38. The van der Waals surface area contributed by atoms with Crippen molar-refractivity contribution in [1.29, 1.82) is 0 Å². The Labute approximate surface area is 168 Å². The number of benzene rings is 2. The van der Waals surface area contributed by atoms with Crippen molar-refractivity contribution >= 4 is 38.2 Å². The highest BCUT2D eigenvalue weighted by molar-refractivity contribution is 7.91. The topological polar surface area (TPSA) is 67.3 Å². The molecule has 1 aromatic heterocycles. The average Bonchev–Trinajstić information content (AvgIpc) is 3.06. The number of para-hydroxylation sites is 1. The molecule has 4 rings (SSSR count). The minimum absolute atomic E-state index is 0.0162. The van der Waals surface area contributed by atoms with Crippen LogP contribution in [0.15, 0.2) is 54.6 Å². The smallest absolute Gasteiger partial charge is 0.254 e. The number of halogens is 1. The number of amides is 1. The van der Waals surface area contributed by atoms with Gasteiger partial charge in [-0.15, -0.1) is 0 Å². The van der Waals surface area contributed by atoms with Gasteiger partial charge in [0.1, 0.15) is 0 Å². The maximum atomic E-state index is 13.3. The van der Waals surface area contributed by atoms with Crippen molar-refractivity contribution in [3.63, 3.8) is 0 Å². The van der Waals surface area contributed by atoms with Gasteiger partial charge >= 0.3 is 0 Å². The molecule has 1 saturated heterocycles. The lowest BCUT2D eigenvalue weighted by Crippen LogP contribution is -2.38. The van der Waals surface area contributed by atoms with Crippen LogP contribution in [0.1, 0.15) is 16.8 Å². The summed E-state index contributed by atoms with van der Waals surface area (Å²) in [6.45, 7) is 0. The van der Waals surface area contributed by atoms with Crippen LogP contribution in [0.3, 0.4) is 0 Å². The van der Waals surface area contributed by atoms with Crippen LogP contribution in [-0.4, -0.2) is 48.8 Å². The van der Waals surface area contributed by atoms with Crippen molar-refractivity contribution in [2.45, 2.75) is 12.5 Å². The number of hydrogen-bond donors (Lipinski definition) is 0. The van der Waals surface area contributed by atoms with Crippen molar-refractivity contribution in [3.05, 3.63) is 65.2 Å². The maximum absolute atomic E-state index is 13.3. The third-order valence-electron chi connectivity index (χ3n) is 5.16. The van der Waals surface area contributed by atoms with E-state index in [1.54, 1.807) is 30.1 Å². The molecule has 1 fully saturated rings. The van der Waals surface area contributed by atoms with E-state index in [9.17, 15) is 13.2 Å². The van der Waals surface area contributed by atoms with Crippen LogP contribution in [0, 0.1) is 0 Å². The monoisotopic (exact) mass is 414 g/mol. The Bertz CT molecular complexity index is 1160. The highest BCUT2D eigenvalue weighted by atomic mass is 35.5. The van der Waals surface area contributed by atoms with Gasteiger partial charge in [0.15, 0.2) is 9.84 Å². The third kappa shape index (κ3) is 3.62. The van der Waals surface area contributed by atoms with E-state index >= 15 is 0 Å². The minimum Gasteiger partial charge on any atom is -0.338 e. The molecule has 2 aromatic carbocycles. The molecule has 7 heteroatoms. The van der Waals surface area contributed by atoms with Gasteiger partial charge in [-0.2, -0.15) is 0 Å². The number of rotatable bonds is 3. The van der Waals surface area contributed by atoms with Crippen molar-refractivity contribution < 1.29 is 13.2 Å². The van der Waals surface area contributed by atoms with Crippen LogP contribution in [-0.2, 0) is 9.84 Å². The number of sulfone groups is 1. The Morgan fingerprint density at radius 1 is 1.14 bits per heavy atom. The fraction of sp³-hybridized carbons (Fsp3) is 0.238. The molecule has 0 bridgehead atoms. The van der Waals surface area contributed by atoms with Gasteiger partial charge in [-0.05, 0) is 30.7 Å². The molecule has 3 aromatic rings. The third-order valence-corrected chi connectivity index (χ3v) is 7.17. The zero-order chi connectivity index (χ0) is 19.9. The standard InChI is InChI=1S/C21H19ClN2O3S/c1-24(16-10-11-28(26,27)13-16)21(25)18-12-20(14-6-8-15(22)9-7-14)23-19-5-3-2-4-17(18)19/h2-9,12,16H,10-11,13H2,1H3. The Morgan fingerprint density at radius 2 is 1.86 bits per heavy atom. The summed E-state index contributed by atoms with van der Waals surface area (Å²) in [5.41, 5.74) is 2.76. The van der Waals surface area contributed by atoms with E-state index in [2.05, 4.69) is 4.98 Å². The van der Waals surface area contributed by atoms with Crippen LogP contribution in [0.25, 0.3) is 22.2 Å². The molecule has 1 aliphatic heterocycles. The molecular weight excluding hydrogens is 396 g/mol. The molecule has 0 radical (unpaired) electrons. The van der Waals surface area contributed by atoms with Crippen molar-refractivity contribution in [2.24, 2.45) is 0 Å². The zero-order valence-corrected chi connectivity index (χ0v) is 16.9. The van der Waals surface area contributed by atoms with E-state index in [1.807, 2.05) is 36.4 Å². The summed E-state index contributed by atoms with van der Waals surface area (Å²) >= 11 is 5.98. The van der Waals surface area contributed by atoms with Gasteiger partial charge in [0, 0.05) is 29.1 Å². The van der Waals surface area contributed by atoms with E-state index < -0.39 is 9.84 Å². The van der Waals surface area contributed by atoms with E-state index in [4.69, 9.17) is 11.6 Å². The first-order valence-corrected chi connectivity index (χ1v) is 11.2. The van der Waals surface area contributed by atoms with E-state index in [-0.39, 0.29) is 23.5 Å². The summed E-state index contributed by atoms with van der Waals surface area (Å²) in [6, 6.07) is 16.2. The van der Waals surface area contributed by atoms with Crippen LogP contribution in [0.2, 0.25) is 5.02 Å². The molecular formula is C21H19ClN2O3S. The van der Waals surface area contributed by atoms with Crippen molar-refractivity contribution in [2.75, 3.05) is 18.6 Å². The number of aromatic nitrogens is 1. The Balaban J connectivity index is 1.79. The van der Waals surface area contributed by atoms with Crippen molar-refractivity contribution in [3.8, 4) is 11.3 Å². The number of carbonyl (C=O) groups excluding carboxylic acids is 1. The first-order chi connectivity index (χ1) is 13.3. The first-order valence-electron chi connectivity index (χ1n) is 8.97. The lowest BCUT2D eigenvalue weighted by Gasteiger charge is -2.24. The number of carbonyl (C=O) groups is 1. The molecule has 1 unspecified atom stereocenters. The second kappa shape index (κ2) is 7.18. The van der Waals surface area contributed by atoms with Crippen LogP contribution in [0.4, 0.5) is 0 Å². The van der Waals surface area contributed by atoms with E-state index in [0.29, 0.717) is 28.2 Å².